The highest BCUT2D eigenvalue weighted by Gasteiger charge is 2.26. The van der Waals surface area contributed by atoms with Crippen molar-refractivity contribution in [1.82, 2.24) is 20.0 Å². The molecular weight excluding hydrogens is 368 g/mol. The van der Waals surface area contributed by atoms with Gasteiger partial charge in [-0.15, -0.1) is 0 Å². The highest BCUT2D eigenvalue weighted by Crippen LogP contribution is 2.18. The van der Waals surface area contributed by atoms with Crippen LogP contribution in [-0.2, 0) is 0 Å². The van der Waals surface area contributed by atoms with Gasteiger partial charge in [0.15, 0.2) is 5.69 Å². The van der Waals surface area contributed by atoms with Crippen LogP contribution in [0.5, 0.6) is 0 Å². The van der Waals surface area contributed by atoms with E-state index in [9.17, 15) is 4.79 Å². The van der Waals surface area contributed by atoms with Crippen LogP contribution in [0.1, 0.15) is 36.7 Å². The van der Waals surface area contributed by atoms with Gasteiger partial charge in [-0.2, -0.15) is 5.10 Å². The molecule has 1 N–H and O–H groups in total. The van der Waals surface area contributed by atoms with Crippen LogP contribution in [0, 0.1) is 0 Å². The predicted octanol–water partition coefficient (Wildman–Crippen LogP) is 3.24. The van der Waals surface area contributed by atoms with Crippen LogP contribution in [0.4, 0.5) is 0 Å². The number of piperidine rings is 1. The maximum absolute atomic E-state index is 13.0. The zero-order valence-electron chi connectivity index (χ0n) is 13.9. The fraction of sp³-hybridized carbons (Fsp3) is 0.444. The first-order valence-electron chi connectivity index (χ1n) is 8.52. The topological polar surface area (TPSA) is 50.2 Å². The summed E-state index contributed by atoms with van der Waals surface area (Å²) >= 11 is 3.47. The Bertz CT molecular complexity index is 694. The molecule has 24 heavy (non-hydrogen) atoms. The molecule has 0 unspecified atom stereocenters. The average Bonchev–Trinajstić information content (AvgIpc) is 3.10. The molecule has 128 valence electrons. The number of rotatable bonds is 5. The summed E-state index contributed by atoms with van der Waals surface area (Å²) in [7, 11) is 0. The molecule has 1 aliphatic rings. The van der Waals surface area contributed by atoms with Gasteiger partial charge in [-0.1, -0.05) is 28.9 Å². The van der Waals surface area contributed by atoms with E-state index in [1.807, 2.05) is 41.4 Å². The van der Waals surface area contributed by atoms with Crippen molar-refractivity contribution in [3.8, 4) is 5.69 Å². The molecular formula is C18H23BrN4O. The Kier molecular flexibility index (Phi) is 5.68. The van der Waals surface area contributed by atoms with Gasteiger partial charge in [0.1, 0.15) is 0 Å². The molecule has 0 saturated carbocycles. The first kappa shape index (κ1) is 17.2. The van der Waals surface area contributed by atoms with Crippen molar-refractivity contribution in [2.45, 2.75) is 32.2 Å². The molecule has 1 aromatic carbocycles. The molecule has 0 bridgehead atoms. The lowest BCUT2D eigenvalue weighted by Gasteiger charge is -2.34. The van der Waals surface area contributed by atoms with Crippen LogP contribution in [0.2, 0.25) is 0 Å². The van der Waals surface area contributed by atoms with Crippen LogP contribution >= 0.6 is 15.9 Å². The monoisotopic (exact) mass is 390 g/mol. The summed E-state index contributed by atoms with van der Waals surface area (Å²) in [6.45, 7) is 4.85. The lowest BCUT2D eigenvalue weighted by molar-refractivity contribution is 0.0636. The zero-order chi connectivity index (χ0) is 16.9. The van der Waals surface area contributed by atoms with Crippen LogP contribution in [0.3, 0.4) is 0 Å². The Hall–Kier alpha value is -1.66. The molecule has 2 aromatic rings. The summed E-state index contributed by atoms with van der Waals surface area (Å²) < 4.78 is 2.75. The van der Waals surface area contributed by atoms with Crippen molar-refractivity contribution >= 4 is 21.8 Å². The van der Waals surface area contributed by atoms with Gasteiger partial charge in [0.2, 0.25) is 0 Å². The summed E-state index contributed by atoms with van der Waals surface area (Å²) in [5.74, 6) is 0.0393. The molecule has 3 rings (SSSR count). The lowest BCUT2D eigenvalue weighted by atomic mass is 10.0. The number of halogens is 1. The maximum Gasteiger partial charge on any atom is 0.274 e. The highest BCUT2D eigenvalue weighted by molar-refractivity contribution is 9.10. The maximum atomic E-state index is 13.0. The number of carbonyl (C=O) groups is 1. The van der Waals surface area contributed by atoms with Crippen LogP contribution in [-0.4, -0.2) is 46.3 Å². The van der Waals surface area contributed by atoms with Crippen LogP contribution in [0.25, 0.3) is 5.69 Å². The second-order valence-electron chi connectivity index (χ2n) is 6.11. The minimum Gasteiger partial charge on any atom is -0.334 e. The minimum atomic E-state index is 0.0393. The first-order chi connectivity index (χ1) is 11.7. The van der Waals surface area contributed by atoms with Crippen molar-refractivity contribution < 1.29 is 4.79 Å². The smallest absolute Gasteiger partial charge is 0.274 e. The molecule has 0 aliphatic carbocycles. The van der Waals surface area contributed by atoms with E-state index < -0.39 is 0 Å². The van der Waals surface area contributed by atoms with Crippen molar-refractivity contribution in [3.05, 3.63) is 46.7 Å². The van der Waals surface area contributed by atoms with E-state index in [2.05, 4.69) is 33.3 Å². The molecule has 0 atom stereocenters. The SMILES string of the molecule is CCCN(C(=O)c1ccn(-c2cccc(Br)c2)n1)C1CCNCC1. The Morgan fingerprint density at radius 1 is 1.38 bits per heavy atom. The Morgan fingerprint density at radius 3 is 2.88 bits per heavy atom. The quantitative estimate of drug-likeness (QED) is 0.852. The van der Waals surface area contributed by atoms with Crippen LogP contribution in [0.15, 0.2) is 41.0 Å². The Labute approximate surface area is 151 Å². The van der Waals surface area contributed by atoms with Gasteiger partial charge < -0.3 is 10.2 Å². The highest BCUT2D eigenvalue weighted by atomic mass is 79.9. The molecule has 1 fully saturated rings. The molecule has 0 spiro atoms. The normalized spacial score (nSPS) is 15.4. The zero-order valence-corrected chi connectivity index (χ0v) is 15.5. The summed E-state index contributed by atoms with van der Waals surface area (Å²) in [5, 5.41) is 7.87. The second kappa shape index (κ2) is 7.94. The van der Waals surface area contributed by atoms with E-state index in [0.29, 0.717) is 11.7 Å². The van der Waals surface area contributed by atoms with E-state index in [0.717, 1.165) is 49.1 Å². The summed E-state index contributed by atoms with van der Waals surface area (Å²) in [6.07, 6.45) is 4.83. The van der Waals surface area contributed by atoms with Crippen molar-refractivity contribution in [2.24, 2.45) is 0 Å². The van der Waals surface area contributed by atoms with E-state index in [4.69, 9.17) is 0 Å². The van der Waals surface area contributed by atoms with Crippen molar-refractivity contribution in [1.29, 1.82) is 0 Å². The van der Waals surface area contributed by atoms with Gasteiger partial charge in [0.25, 0.3) is 5.91 Å². The third-order valence-electron chi connectivity index (χ3n) is 4.36. The Balaban J connectivity index is 1.80. The lowest BCUT2D eigenvalue weighted by Crippen LogP contribution is -2.46. The number of amides is 1. The number of carbonyl (C=O) groups excluding carboxylic acids is 1. The third-order valence-corrected chi connectivity index (χ3v) is 4.85. The minimum absolute atomic E-state index is 0.0393. The van der Waals surface area contributed by atoms with Gasteiger partial charge >= 0.3 is 0 Å². The summed E-state index contributed by atoms with van der Waals surface area (Å²) in [4.78, 5) is 15.0. The van der Waals surface area contributed by atoms with Crippen LogP contribution < -0.4 is 5.32 Å². The number of aromatic nitrogens is 2. The molecule has 1 saturated heterocycles. The van der Waals surface area contributed by atoms with E-state index in [1.54, 1.807) is 4.68 Å². The van der Waals surface area contributed by atoms with E-state index >= 15 is 0 Å². The van der Waals surface area contributed by atoms with Crippen molar-refractivity contribution in [2.75, 3.05) is 19.6 Å². The van der Waals surface area contributed by atoms with E-state index in [-0.39, 0.29) is 5.91 Å². The fourth-order valence-corrected chi connectivity index (χ4v) is 3.54. The number of benzene rings is 1. The second-order valence-corrected chi connectivity index (χ2v) is 7.02. The molecule has 1 aromatic heterocycles. The number of hydrogen-bond acceptors (Lipinski definition) is 3. The summed E-state index contributed by atoms with van der Waals surface area (Å²) in [5.41, 5.74) is 1.45. The largest absolute Gasteiger partial charge is 0.334 e. The number of hydrogen-bond donors (Lipinski definition) is 1. The molecule has 1 aliphatic heterocycles. The number of nitrogens with one attached hydrogen (secondary N) is 1. The average molecular weight is 391 g/mol. The molecule has 0 radical (unpaired) electrons. The van der Waals surface area contributed by atoms with Gasteiger partial charge in [-0.05, 0) is 56.6 Å². The molecule has 2 heterocycles. The van der Waals surface area contributed by atoms with Gasteiger partial charge in [0.05, 0.1) is 5.69 Å². The predicted molar refractivity (Wildman–Crippen MR) is 98.5 cm³/mol. The Morgan fingerprint density at radius 2 is 2.17 bits per heavy atom. The molecule has 5 nitrogen and oxygen atoms in total. The third kappa shape index (κ3) is 3.87. The molecule has 6 heteroatoms. The van der Waals surface area contributed by atoms with Crippen molar-refractivity contribution in [3.63, 3.8) is 0 Å². The summed E-state index contributed by atoms with van der Waals surface area (Å²) in [6, 6.07) is 10.0. The first-order valence-corrected chi connectivity index (χ1v) is 9.31. The fourth-order valence-electron chi connectivity index (χ4n) is 3.16. The van der Waals surface area contributed by atoms with E-state index in [1.165, 1.54) is 0 Å². The standard InChI is InChI=1S/C18H23BrN4O/c1-2-11-22(15-6-9-20-10-7-15)18(24)17-8-12-23(21-17)16-5-3-4-14(19)13-16/h3-5,8,12-13,15,20H,2,6-7,9-11H2,1H3. The number of nitrogens with zero attached hydrogens (tertiary/aromatic N) is 3. The molecule has 1 amide bonds. The van der Waals surface area contributed by atoms with Gasteiger partial charge in [-0.25, -0.2) is 4.68 Å². The van der Waals surface area contributed by atoms with Gasteiger partial charge in [-0.3, -0.25) is 4.79 Å². The van der Waals surface area contributed by atoms with Gasteiger partial charge in [0, 0.05) is 23.3 Å².